The van der Waals surface area contributed by atoms with Crippen molar-refractivity contribution in [1.29, 1.82) is 0 Å². The highest BCUT2D eigenvalue weighted by Gasteiger charge is 2.09. The molecule has 0 fully saturated rings. The molecule has 3 nitrogen and oxygen atoms in total. The van der Waals surface area contributed by atoms with E-state index in [1.54, 1.807) is 6.20 Å². The van der Waals surface area contributed by atoms with Crippen LogP contribution in [-0.2, 0) is 6.61 Å². The predicted octanol–water partition coefficient (Wildman–Crippen LogP) is 2.46. The van der Waals surface area contributed by atoms with E-state index < -0.39 is 0 Å². The van der Waals surface area contributed by atoms with Crippen LogP contribution in [-0.4, -0.2) is 15.1 Å². The molecule has 0 radical (unpaired) electrons. The Morgan fingerprint density at radius 1 is 1.43 bits per heavy atom. The van der Waals surface area contributed by atoms with Crippen molar-refractivity contribution in [3.8, 4) is 10.7 Å². The molecule has 0 unspecified atom stereocenters. The molecule has 14 heavy (non-hydrogen) atoms. The SMILES string of the molecule is OCc1sc(-c2ccccn2)nc1Br. The van der Waals surface area contributed by atoms with Crippen LogP contribution in [0.25, 0.3) is 10.7 Å². The fourth-order valence-electron chi connectivity index (χ4n) is 1.03. The topological polar surface area (TPSA) is 46.0 Å². The van der Waals surface area contributed by atoms with Crippen LogP contribution >= 0.6 is 27.3 Å². The van der Waals surface area contributed by atoms with Crippen molar-refractivity contribution in [3.05, 3.63) is 33.9 Å². The smallest absolute Gasteiger partial charge is 0.143 e. The van der Waals surface area contributed by atoms with Crippen LogP contribution in [0.5, 0.6) is 0 Å². The van der Waals surface area contributed by atoms with Crippen LogP contribution in [0.3, 0.4) is 0 Å². The van der Waals surface area contributed by atoms with E-state index in [9.17, 15) is 0 Å². The molecule has 0 aliphatic rings. The molecule has 2 rings (SSSR count). The Labute approximate surface area is 93.6 Å². The highest BCUT2D eigenvalue weighted by molar-refractivity contribution is 9.10. The van der Waals surface area contributed by atoms with Crippen LogP contribution in [0.2, 0.25) is 0 Å². The van der Waals surface area contributed by atoms with Crippen molar-refractivity contribution in [1.82, 2.24) is 9.97 Å². The van der Waals surface area contributed by atoms with Crippen molar-refractivity contribution >= 4 is 27.3 Å². The normalized spacial score (nSPS) is 10.4. The highest BCUT2D eigenvalue weighted by atomic mass is 79.9. The first-order valence-corrected chi connectivity index (χ1v) is 5.59. The van der Waals surface area contributed by atoms with Crippen LogP contribution in [0.4, 0.5) is 0 Å². The van der Waals surface area contributed by atoms with E-state index >= 15 is 0 Å². The Morgan fingerprint density at radius 3 is 2.86 bits per heavy atom. The molecular formula is C9H7BrN2OS. The summed E-state index contributed by atoms with van der Waals surface area (Å²) in [5.41, 5.74) is 0.831. The molecule has 0 saturated heterocycles. The van der Waals surface area contributed by atoms with Gasteiger partial charge in [0.1, 0.15) is 9.61 Å². The Bertz CT molecular complexity index is 430. The van der Waals surface area contributed by atoms with Crippen molar-refractivity contribution in [2.75, 3.05) is 0 Å². The molecule has 0 amide bonds. The second-order valence-electron chi connectivity index (χ2n) is 2.61. The lowest BCUT2D eigenvalue weighted by Crippen LogP contribution is -1.79. The maximum absolute atomic E-state index is 9.00. The van der Waals surface area contributed by atoms with E-state index in [4.69, 9.17) is 5.11 Å². The Kier molecular flexibility index (Phi) is 2.90. The maximum Gasteiger partial charge on any atom is 0.143 e. The monoisotopic (exact) mass is 270 g/mol. The lowest BCUT2D eigenvalue weighted by atomic mass is 10.4. The minimum atomic E-state index is 0.00504. The van der Waals surface area contributed by atoms with E-state index in [-0.39, 0.29) is 6.61 Å². The molecule has 0 saturated carbocycles. The average Bonchev–Trinajstić information content (AvgIpc) is 2.61. The second-order valence-corrected chi connectivity index (χ2v) is 4.44. The summed E-state index contributed by atoms with van der Waals surface area (Å²) >= 11 is 4.73. The maximum atomic E-state index is 9.00. The summed E-state index contributed by atoms with van der Waals surface area (Å²) in [6.07, 6.45) is 1.73. The Balaban J connectivity index is 2.43. The molecule has 5 heteroatoms. The van der Waals surface area contributed by atoms with Crippen molar-refractivity contribution in [2.24, 2.45) is 0 Å². The summed E-state index contributed by atoms with van der Waals surface area (Å²) in [5.74, 6) is 0. The minimum absolute atomic E-state index is 0.00504. The fraction of sp³-hybridized carbons (Fsp3) is 0.111. The van der Waals surface area contributed by atoms with Gasteiger partial charge in [-0.25, -0.2) is 4.98 Å². The van der Waals surface area contributed by atoms with Crippen molar-refractivity contribution in [3.63, 3.8) is 0 Å². The van der Waals surface area contributed by atoms with Gasteiger partial charge >= 0.3 is 0 Å². The molecule has 1 N–H and O–H groups in total. The molecule has 0 aliphatic carbocycles. The van der Waals surface area contributed by atoms with Gasteiger partial charge in [0, 0.05) is 6.20 Å². The summed E-state index contributed by atoms with van der Waals surface area (Å²) in [7, 11) is 0. The third-order valence-corrected chi connectivity index (χ3v) is 3.66. The summed E-state index contributed by atoms with van der Waals surface area (Å²) < 4.78 is 0.700. The standard InChI is InChI=1S/C9H7BrN2OS/c10-8-7(5-13)14-9(12-8)6-3-1-2-4-11-6/h1-4,13H,5H2. The number of aliphatic hydroxyl groups excluding tert-OH is 1. The third kappa shape index (κ3) is 1.84. The van der Waals surface area contributed by atoms with Gasteiger partial charge < -0.3 is 5.11 Å². The van der Waals surface area contributed by atoms with Gasteiger partial charge in [0.15, 0.2) is 0 Å². The minimum Gasteiger partial charge on any atom is -0.391 e. The number of pyridine rings is 1. The highest BCUT2D eigenvalue weighted by Crippen LogP contribution is 2.29. The van der Waals surface area contributed by atoms with Crippen LogP contribution in [0.15, 0.2) is 29.0 Å². The first-order valence-electron chi connectivity index (χ1n) is 3.98. The predicted molar refractivity (Wildman–Crippen MR) is 59.0 cm³/mol. The van der Waals surface area contributed by atoms with Gasteiger partial charge in [0.25, 0.3) is 0 Å². The summed E-state index contributed by atoms with van der Waals surface area (Å²) in [5, 5.41) is 9.82. The molecule has 0 spiro atoms. The number of aromatic nitrogens is 2. The van der Waals surface area contributed by atoms with Crippen LogP contribution in [0, 0.1) is 0 Å². The number of halogens is 1. The average molecular weight is 271 g/mol. The first kappa shape index (κ1) is 9.76. The van der Waals surface area contributed by atoms with Gasteiger partial charge in [-0.1, -0.05) is 6.07 Å². The summed E-state index contributed by atoms with van der Waals surface area (Å²) in [4.78, 5) is 9.27. The molecule has 0 bridgehead atoms. The second kappa shape index (κ2) is 4.16. The van der Waals surface area contributed by atoms with Gasteiger partial charge in [-0.3, -0.25) is 4.98 Å². The molecule has 2 heterocycles. The van der Waals surface area contributed by atoms with Gasteiger partial charge in [-0.05, 0) is 28.1 Å². The van der Waals surface area contributed by atoms with Crippen molar-refractivity contribution in [2.45, 2.75) is 6.61 Å². The Hall–Kier alpha value is -0.780. The zero-order valence-corrected chi connectivity index (χ0v) is 9.55. The number of thiazole rings is 1. The molecule has 0 atom stereocenters. The van der Waals surface area contributed by atoms with Gasteiger partial charge in [-0.2, -0.15) is 0 Å². The summed E-state index contributed by atoms with van der Waals surface area (Å²) in [6.45, 7) is 0.00504. The molecular weight excluding hydrogens is 264 g/mol. The fourth-order valence-corrected chi connectivity index (χ4v) is 2.48. The number of aliphatic hydroxyl groups is 1. The number of nitrogens with zero attached hydrogens (tertiary/aromatic N) is 2. The van der Waals surface area contributed by atoms with Crippen LogP contribution in [0.1, 0.15) is 4.88 Å². The lowest BCUT2D eigenvalue weighted by molar-refractivity contribution is 0.284. The van der Waals surface area contributed by atoms with E-state index in [0.717, 1.165) is 15.6 Å². The zero-order chi connectivity index (χ0) is 9.97. The van der Waals surface area contributed by atoms with Gasteiger partial charge in [0.05, 0.1) is 17.2 Å². The number of hydrogen-bond donors (Lipinski definition) is 1. The van der Waals surface area contributed by atoms with E-state index in [0.29, 0.717) is 4.60 Å². The molecule has 0 aromatic carbocycles. The zero-order valence-electron chi connectivity index (χ0n) is 7.14. The van der Waals surface area contributed by atoms with E-state index in [1.165, 1.54) is 11.3 Å². The van der Waals surface area contributed by atoms with Gasteiger partial charge in [-0.15, -0.1) is 11.3 Å². The van der Waals surface area contributed by atoms with E-state index in [2.05, 4.69) is 25.9 Å². The Morgan fingerprint density at radius 2 is 2.29 bits per heavy atom. The molecule has 72 valence electrons. The third-order valence-electron chi connectivity index (χ3n) is 1.68. The van der Waals surface area contributed by atoms with Crippen molar-refractivity contribution < 1.29 is 5.11 Å². The summed E-state index contributed by atoms with van der Waals surface area (Å²) in [6, 6.07) is 5.67. The van der Waals surface area contributed by atoms with Crippen LogP contribution < -0.4 is 0 Å². The lowest BCUT2D eigenvalue weighted by Gasteiger charge is -1.91. The molecule has 0 aliphatic heterocycles. The largest absolute Gasteiger partial charge is 0.391 e. The number of rotatable bonds is 2. The number of hydrogen-bond acceptors (Lipinski definition) is 4. The molecule has 2 aromatic rings. The van der Waals surface area contributed by atoms with Gasteiger partial charge in [0.2, 0.25) is 0 Å². The molecule has 2 aromatic heterocycles. The van der Waals surface area contributed by atoms with E-state index in [1.807, 2.05) is 18.2 Å². The first-order chi connectivity index (χ1) is 6.81. The quantitative estimate of drug-likeness (QED) is 0.912.